The molecule has 1 atom stereocenters. The minimum Gasteiger partial charge on any atom is -0.337 e. The molecule has 1 aromatic rings. The van der Waals surface area contributed by atoms with Gasteiger partial charge in [-0.3, -0.25) is 9.59 Å². The number of carbonyl (C=O) groups is 2. The van der Waals surface area contributed by atoms with Gasteiger partial charge in [-0.2, -0.15) is 0 Å². The van der Waals surface area contributed by atoms with Crippen molar-refractivity contribution in [1.29, 1.82) is 0 Å². The van der Waals surface area contributed by atoms with Gasteiger partial charge in [0.05, 0.1) is 6.42 Å². The summed E-state index contributed by atoms with van der Waals surface area (Å²) in [4.78, 5) is 30.1. The summed E-state index contributed by atoms with van der Waals surface area (Å²) >= 11 is 1.60. The Morgan fingerprint density at radius 3 is 2.95 bits per heavy atom. The van der Waals surface area contributed by atoms with Crippen molar-refractivity contribution in [2.24, 2.45) is 0 Å². The van der Waals surface area contributed by atoms with Crippen molar-refractivity contribution in [3.05, 3.63) is 34.0 Å². The fourth-order valence-corrected chi connectivity index (χ4v) is 3.99. The molecule has 1 fully saturated rings. The van der Waals surface area contributed by atoms with Crippen LogP contribution in [0.25, 0.3) is 0 Å². The molecular formula is C17H22N2O2S. The highest BCUT2D eigenvalue weighted by Crippen LogP contribution is 2.23. The number of hydrogen-bond acceptors (Lipinski definition) is 3. The Bertz CT molecular complexity index is 579. The molecule has 0 radical (unpaired) electrons. The smallest absolute Gasteiger partial charge is 0.245 e. The van der Waals surface area contributed by atoms with E-state index in [2.05, 4.69) is 13.0 Å². The van der Waals surface area contributed by atoms with E-state index in [4.69, 9.17) is 0 Å². The highest BCUT2D eigenvalue weighted by molar-refractivity contribution is 7.10. The van der Waals surface area contributed by atoms with Crippen LogP contribution >= 0.6 is 11.3 Å². The minimum atomic E-state index is -0.252. The van der Waals surface area contributed by atoms with Crippen molar-refractivity contribution < 1.29 is 9.59 Å². The van der Waals surface area contributed by atoms with Crippen LogP contribution in [0.5, 0.6) is 0 Å². The van der Waals surface area contributed by atoms with E-state index in [0.29, 0.717) is 19.5 Å². The maximum Gasteiger partial charge on any atom is 0.245 e. The predicted octanol–water partition coefficient (Wildman–Crippen LogP) is 2.46. The number of hydrogen-bond donors (Lipinski definition) is 0. The van der Waals surface area contributed by atoms with Crippen molar-refractivity contribution >= 4 is 23.2 Å². The van der Waals surface area contributed by atoms with Crippen LogP contribution in [0.15, 0.2) is 29.2 Å². The summed E-state index contributed by atoms with van der Waals surface area (Å²) in [5.41, 5.74) is 1.24. The Balaban J connectivity index is 1.66. The fourth-order valence-electron chi connectivity index (χ4n) is 3.30. The van der Waals surface area contributed by atoms with Crippen molar-refractivity contribution in [2.75, 3.05) is 19.6 Å². The molecule has 0 bridgehead atoms. The summed E-state index contributed by atoms with van der Waals surface area (Å²) < 4.78 is 0. The Kier molecular flexibility index (Phi) is 4.62. The summed E-state index contributed by atoms with van der Waals surface area (Å²) in [5.74, 6) is 0.215. The van der Waals surface area contributed by atoms with Gasteiger partial charge in [0.2, 0.25) is 11.8 Å². The first-order valence-corrected chi connectivity index (χ1v) is 8.79. The Morgan fingerprint density at radius 1 is 1.36 bits per heavy atom. The second-order valence-electron chi connectivity index (χ2n) is 6.10. The van der Waals surface area contributed by atoms with E-state index < -0.39 is 0 Å². The first kappa shape index (κ1) is 15.3. The van der Waals surface area contributed by atoms with E-state index in [0.717, 1.165) is 30.7 Å². The summed E-state index contributed by atoms with van der Waals surface area (Å²) in [6, 6.07) is 3.69. The van der Waals surface area contributed by atoms with E-state index in [1.54, 1.807) is 16.2 Å². The molecule has 3 rings (SSSR count). The molecule has 0 aliphatic carbocycles. The number of rotatable bonds is 3. The average Bonchev–Trinajstić information content (AvgIpc) is 3.17. The Labute approximate surface area is 135 Å². The largest absolute Gasteiger partial charge is 0.337 e. The summed E-state index contributed by atoms with van der Waals surface area (Å²) in [6.45, 7) is 4.26. The van der Waals surface area contributed by atoms with Crippen LogP contribution in [0.4, 0.5) is 0 Å². The molecule has 4 nitrogen and oxygen atoms in total. The molecule has 0 unspecified atom stereocenters. The van der Waals surface area contributed by atoms with Gasteiger partial charge in [-0.05, 0) is 37.6 Å². The summed E-state index contributed by atoms with van der Waals surface area (Å²) in [6.07, 6.45) is 5.26. The van der Waals surface area contributed by atoms with Crippen molar-refractivity contribution in [3.8, 4) is 0 Å². The van der Waals surface area contributed by atoms with Crippen LogP contribution in [0, 0.1) is 0 Å². The average molecular weight is 318 g/mol. The number of nitrogens with zero attached hydrogens (tertiary/aromatic N) is 2. The fraction of sp³-hybridized carbons (Fsp3) is 0.529. The lowest BCUT2D eigenvalue weighted by Gasteiger charge is -2.32. The molecule has 3 heterocycles. The molecule has 1 saturated heterocycles. The zero-order valence-corrected chi connectivity index (χ0v) is 13.8. The second kappa shape index (κ2) is 6.65. The van der Waals surface area contributed by atoms with Gasteiger partial charge in [-0.1, -0.05) is 17.7 Å². The van der Waals surface area contributed by atoms with Gasteiger partial charge in [-0.25, -0.2) is 0 Å². The summed E-state index contributed by atoms with van der Waals surface area (Å²) in [7, 11) is 0. The molecule has 0 aromatic carbocycles. The molecule has 22 heavy (non-hydrogen) atoms. The normalized spacial score (nSPS) is 21.9. The van der Waals surface area contributed by atoms with Crippen molar-refractivity contribution in [2.45, 2.75) is 38.6 Å². The van der Waals surface area contributed by atoms with E-state index in [1.807, 2.05) is 22.4 Å². The van der Waals surface area contributed by atoms with E-state index >= 15 is 0 Å². The molecule has 5 heteroatoms. The van der Waals surface area contributed by atoms with Gasteiger partial charge in [-0.15, -0.1) is 11.3 Å². The Hall–Kier alpha value is -1.62. The van der Waals surface area contributed by atoms with Crippen LogP contribution in [0.1, 0.15) is 31.1 Å². The third kappa shape index (κ3) is 3.24. The first-order chi connectivity index (χ1) is 10.6. The maximum atomic E-state index is 12.8. The summed E-state index contributed by atoms with van der Waals surface area (Å²) in [5, 5.41) is 1.98. The second-order valence-corrected chi connectivity index (χ2v) is 7.13. The monoisotopic (exact) mass is 318 g/mol. The van der Waals surface area contributed by atoms with Crippen LogP contribution in [0.3, 0.4) is 0 Å². The van der Waals surface area contributed by atoms with Crippen LogP contribution in [0.2, 0.25) is 0 Å². The molecule has 0 saturated carbocycles. The molecule has 1 aromatic heterocycles. The van der Waals surface area contributed by atoms with Gasteiger partial charge in [0.1, 0.15) is 6.04 Å². The zero-order valence-electron chi connectivity index (χ0n) is 13.0. The topological polar surface area (TPSA) is 40.6 Å². The highest BCUT2D eigenvalue weighted by atomic mass is 32.1. The molecule has 0 N–H and O–H groups in total. The van der Waals surface area contributed by atoms with Gasteiger partial charge < -0.3 is 9.80 Å². The number of thiophene rings is 1. The lowest BCUT2D eigenvalue weighted by Crippen LogP contribution is -2.49. The van der Waals surface area contributed by atoms with Gasteiger partial charge in [0.25, 0.3) is 0 Å². The molecule has 118 valence electrons. The third-order valence-corrected chi connectivity index (χ3v) is 5.28. The first-order valence-electron chi connectivity index (χ1n) is 7.91. The van der Waals surface area contributed by atoms with Crippen LogP contribution in [-0.4, -0.2) is 47.3 Å². The molecule has 2 aliphatic heterocycles. The Morgan fingerprint density at radius 2 is 2.23 bits per heavy atom. The number of likely N-dealkylation sites (tertiary alicyclic amines) is 1. The number of amides is 2. The van der Waals surface area contributed by atoms with Crippen molar-refractivity contribution in [1.82, 2.24) is 9.80 Å². The predicted molar refractivity (Wildman–Crippen MR) is 87.7 cm³/mol. The lowest BCUT2D eigenvalue weighted by atomic mass is 10.1. The lowest BCUT2D eigenvalue weighted by molar-refractivity contribution is -0.143. The molecular weight excluding hydrogens is 296 g/mol. The highest BCUT2D eigenvalue weighted by Gasteiger charge is 2.36. The molecule has 2 amide bonds. The molecule has 2 aliphatic rings. The number of carbonyl (C=O) groups excluding carboxylic acids is 2. The maximum absolute atomic E-state index is 12.8. The standard InChI is InChI=1S/C17H22N2O2S/c1-13-5-2-8-18(12-13)17(21)15-7-3-9-19(15)16(20)11-14-6-4-10-22-14/h4-6,10,15H,2-3,7-9,11-12H2,1H3/t15-/m0/s1. The SMILES string of the molecule is CC1=CCCN(C(=O)[C@@H]2CCCN2C(=O)Cc2cccs2)C1. The van der Waals surface area contributed by atoms with E-state index in [9.17, 15) is 9.59 Å². The quantitative estimate of drug-likeness (QED) is 0.803. The van der Waals surface area contributed by atoms with Gasteiger partial charge in [0, 0.05) is 24.5 Å². The van der Waals surface area contributed by atoms with Crippen LogP contribution in [-0.2, 0) is 16.0 Å². The van der Waals surface area contributed by atoms with Gasteiger partial charge in [0.15, 0.2) is 0 Å². The minimum absolute atomic E-state index is 0.0857. The van der Waals surface area contributed by atoms with Crippen molar-refractivity contribution in [3.63, 3.8) is 0 Å². The molecule has 0 spiro atoms. The third-order valence-electron chi connectivity index (χ3n) is 4.41. The van der Waals surface area contributed by atoms with E-state index in [-0.39, 0.29) is 17.9 Å². The van der Waals surface area contributed by atoms with Crippen LogP contribution < -0.4 is 0 Å². The van der Waals surface area contributed by atoms with Gasteiger partial charge >= 0.3 is 0 Å². The van der Waals surface area contributed by atoms with E-state index in [1.165, 1.54) is 5.57 Å². The zero-order chi connectivity index (χ0) is 15.5.